The van der Waals surface area contributed by atoms with Crippen molar-refractivity contribution >= 4 is 11.8 Å². The molecule has 0 aromatic carbocycles. The number of aliphatic hydroxyl groups excluding tert-OH is 24. The van der Waals surface area contributed by atoms with Gasteiger partial charge in [-0.1, -0.05) is 0 Å². The van der Waals surface area contributed by atoms with E-state index in [-0.39, 0.29) is 0 Å². The van der Waals surface area contributed by atoms with Crippen molar-refractivity contribution < 1.29 is 213 Å². The Morgan fingerprint density at radius 3 is 1.07 bits per heavy atom. The molecule has 0 aliphatic carbocycles. The number of hydrogen-bond donors (Lipinski definition) is 26. The minimum absolute atomic E-state index is 0.869. The molecule has 45 atom stereocenters. The molecule has 9 fully saturated rings. The van der Waals surface area contributed by atoms with Crippen LogP contribution in [0.3, 0.4) is 0 Å². The maximum Gasteiger partial charge on any atom is 0.217 e. The Morgan fingerprint density at radius 1 is 0.272 bits per heavy atom. The molecule has 0 spiro atoms. The number of hydrogen-bond acceptors (Lipinski definition) is 43. The monoisotopic (exact) mass is 1510 g/mol. The van der Waals surface area contributed by atoms with Gasteiger partial charge < -0.3 is 214 Å². The number of rotatable bonds is 24. The molecule has 0 saturated carbocycles. The smallest absolute Gasteiger partial charge is 0.217 e. The second-order valence-electron chi connectivity index (χ2n) is 26.6. The van der Waals surface area contributed by atoms with E-state index in [9.17, 15) is 132 Å². The number of aliphatic hydroxyl groups is 24. The summed E-state index contributed by atoms with van der Waals surface area (Å²) in [4.78, 5) is 26.2. The first-order valence-corrected chi connectivity index (χ1v) is 33.2. The van der Waals surface area contributed by atoms with Gasteiger partial charge in [-0.15, -0.1) is 0 Å². The standard InChI is InChI=1S/C58H98N2O43/c1-12-25(68)31(74)37(80)52(88-12)87-11-22-46(47(24(50(86)91-22)60-16(5)67)101-53-38(81)32(75)26(69)13(2)89-53)99-51-23(59-15(4)66)30(73)43(19(8-63)94-51)97-57-42(85)48(102-56-41(84)36(79)44(20(9-64)95-56)98-55-40(83)34(77)28(71)17(6-61)92-55)45(21(10-65)96-57)100-58-49(35(78)29(72)18(7-62)93-58)103-54-39(82)33(76)27(70)14(3)90-54/h12-14,17-58,61-65,68-86H,6-11H2,1-5H3,(H,59,66)(H,60,67)/t12-,13-,14-,17+,18+,19+,20+,21+,22+,23+,24+,25+,26+,27+,28-,29-,30+,31+,32+,33+,34-,35-,36+,37-,38-,39-,40+,41-,42-,43+,44+,45+,46+,47+,48+,49+,50+,51-,52+,53-,54-,55+,56+,57-,58-/m0/s1. The lowest BCUT2D eigenvalue weighted by Crippen LogP contribution is -2.71. The van der Waals surface area contributed by atoms with Crippen LogP contribution in [0.15, 0.2) is 0 Å². The average Bonchev–Trinajstić information content (AvgIpc) is 0.765. The van der Waals surface area contributed by atoms with Crippen molar-refractivity contribution in [2.24, 2.45) is 0 Å². The van der Waals surface area contributed by atoms with Gasteiger partial charge in [0.15, 0.2) is 56.6 Å². The summed E-state index contributed by atoms with van der Waals surface area (Å²) in [7, 11) is 0. The Morgan fingerprint density at radius 2 is 0.583 bits per heavy atom. The van der Waals surface area contributed by atoms with E-state index in [0.29, 0.717) is 0 Å². The Labute approximate surface area is 584 Å². The third kappa shape index (κ3) is 18.0. The summed E-state index contributed by atoms with van der Waals surface area (Å²) in [5.74, 6) is -1.84. The topological polar surface area (TPSA) is 701 Å². The average molecular weight is 1510 g/mol. The predicted octanol–water partition coefficient (Wildman–Crippen LogP) is -17.3. The fourth-order valence-electron chi connectivity index (χ4n) is 13.5. The van der Waals surface area contributed by atoms with E-state index in [1.54, 1.807) is 0 Å². The third-order valence-electron chi connectivity index (χ3n) is 19.4. The van der Waals surface area contributed by atoms with Gasteiger partial charge in [0, 0.05) is 13.8 Å². The van der Waals surface area contributed by atoms with Gasteiger partial charge in [-0.05, 0) is 20.8 Å². The molecule has 45 heteroatoms. The molecular formula is C58H98N2O43. The Bertz CT molecular complexity index is 2660. The molecule has 0 radical (unpaired) electrons. The van der Waals surface area contributed by atoms with Gasteiger partial charge in [-0.2, -0.15) is 0 Å². The molecule has 26 N–H and O–H groups in total. The van der Waals surface area contributed by atoms with Gasteiger partial charge >= 0.3 is 0 Å². The van der Waals surface area contributed by atoms with Gasteiger partial charge in [0.25, 0.3) is 0 Å². The minimum atomic E-state index is -2.54. The van der Waals surface area contributed by atoms with E-state index in [2.05, 4.69) is 10.6 Å². The molecule has 598 valence electrons. The van der Waals surface area contributed by atoms with E-state index in [4.69, 9.17) is 80.5 Å². The van der Waals surface area contributed by atoms with Gasteiger partial charge in [0.1, 0.15) is 201 Å². The predicted molar refractivity (Wildman–Crippen MR) is 316 cm³/mol. The van der Waals surface area contributed by atoms with E-state index in [1.165, 1.54) is 20.8 Å². The normalized spacial score (nSPS) is 52.3. The zero-order valence-corrected chi connectivity index (χ0v) is 55.7. The zero-order chi connectivity index (χ0) is 75.8. The minimum Gasteiger partial charge on any atom is -0.394 e. The molecule has 0 aromatic rings. The van der Waals surface area contributed by atoms with Crippen LogP contribution in [0.25, 0.3) is 0 Å². The van der Waals surface area contributed by atoms with Crippen LogP contribution >= 0.6 is 0 Å². The van der Waals surface area contributed by atoms with Crippen LogP contribution in [0.2, 0.25) is 0 Å². The molecule has 0 unspecified atom stereocenters. The van der Waals surface area contributed by atoms with Gasteiger partial charge in [0.2, 0.25) is 11.8 Å². The van der Waals surface area contributed by atoms with E-state index in [0.717, 1.165) is 13.8 Å². The summed E-state index contributed by atoms with van der Waals surface area (Å²) in [5.41, 5.74) is 0. The van der Waals surface area contributed by atoms with Crippen molar-refractivity contribution in [3.63, 3.8) is 0 Å². The van der Waals surface area contributed by atoms with Crippen LogP contribution < -0.4 is 10.6 Å². The zero-order valence-electron chi connectivity index (χ0n) is 55.7. The Kier molecular flexibility index (Phi) is 29.5. The summed E-state index contributed by atoms with van der Waals surface area (Å²) in [6.45, 7) is -0.789. The van der Waals surface area contributed by atoms with Crippen molar-refractivity contribution in [2.75, 3.05) is 39.6 Å². The van der Waals surface area contributed by atoms with Crippen molar-refractivity contribution in [3.05, 3.63) is 0 Å². The highest BCUT2D eigenvalue weighted by atomic mass is 16.8. The highest BCUT2D eigenvalue weighted by Crippen LogP contribution is 2.41. The number of ether oxygens (including phenoxy) is 17. The second kappa shape index (κ2) is 36.0. The van der Waals surface area contributed by atoms with Crippen molar-refractivity contribution in [1.82, 2.24) is 10.6 Å². The Balaban J connectivity index is 1.05. The Hall–Kier alpha value is -2.70. The molecule has 0 aromatic heterocycles. The largest absolute Gasteiger partial charge is 0.394 e. The van der Waals surface area contributed by atoms with Crippen molar-refractivity contribution in [1.29, 1.82) is 0 Å². The summed E-state index contributed by atoms with van der Waals surface area (Å²) in [6, 6.07) is -3.81. The van der Waals surface area contributed by atoms with Crippen LogP contribution in [0.5, 0.6) is 0 Å². The molecule has 9 rings (SSSR count). The lowest BCUT2D eigenvalue weighted by Gasteiger charge is -2.52. The van der Waals surface area contributed by atoms with Crippen molar-refractivity contribution in [2.45, 2.75) is 311 Å². The van der Waals surface area contributed by atoms with E-state index >= 15 is 0 Å². The van der Waals surface area contributed by atoms with Crippen LogP contribution in [0.4, 0.5) is 0 Å². The third-order valence-corrected chi connectivity index (χ3v) is 19.4. The lowest BCUT2D eigenvalue weighted by atomic mass is 9.93. The number of amides is 2. The molecule has 9 heterocycles. The number of carbonyl (C=O) groups excluding carboxylic acids is 2. The summed E-state index contributed by atoms with van der Waals surface area (Å²) in [5, 5.41) is 270. The maximum absolute atomic E-state index is 13.3. The molecule has 103 heavy (non-hydrogen) atoms. The highest BCUT2D eigenvalue weighted by molar-refractivity contribution is 5.73. The molecule has 9 aliphatic rings. The molecular weight excluding hydrogens is 1410 g/mol. The van der Waals surface area contributed by atoms with Gasteiger partial charge in [-0.3, -0.25) is 9.59 Å². The second-order valence-corrected chi connectivity index (χ2v) is 26.6. The fourth-order valence-corrected chi connectivity index (χ4v) is 13.5. The van der Waals surface area contributed by atoms with Crippen LogP contribution in [-0.2, 0) is 90.1 Å². The molecule has 9 aliphatic heterocycles. The molecule has 45 nitrogen and oxygen atoms in total. The SMILES string of the molecule is CC(=O)N[C@@H]1[C@@H](O[C@@H]2O[C@@H](C)[C@@H](O)[C@@H](O)[C@@H]2O)[C@H](O[C@@H]2O[C@H](CO)[C@@H](O[C@@H]3O[C@H](CO)[C@@H](O[C@@H]4O[C@H](CO)[C@H](O)[C@H](O)[C@H]4O[C@@H]4O[C@@H](C)[C@@H](O)[C@@H](O)[C@@H]4O)[C@H](O[C@H]4O[C@H](CO)[C@@H](O[C@H]5O[C@H](CO)[C@H](O)[C@H](O)[C@H]5O)[C@H](O)[C@@H]4O)[C@@H]3O)[C@H](O)[C@H]2NC(C)=O)[C@@H](CO[C@@H]2O[C@@H](C)[C@@H](O)[C@@H](O)[C@@H]2O)O[C@H]1O. The quantitative estimate of drug-likeness (QED) is 0.0427. The van der Waals surface area contributed by atoms with Crippen LogP contribution in [0.1, 0.15) is 34.6 Å². The highest BCUT2D eigenvalue weighted by Gasteiger charge is 2.61. The van der Waals surface area contributed by atoms with Crippen LogP contribution in [0, 0.1) is 0 Å². The first kappa shape index (κ1) is 84.3. The van der Waals surface area contributed by atoms with E-state index in [1.807, 2.05) is 0 Å². The summed E-state index contributed by atoms with van der Waals surface area (Å²) < 4.78 is 101. The maximum atomic E-state index is 13.3. The fraction of sp³-hybridized carbons (Fsp3) is 0.966. The summed E-state index contributed by atoms with van der Waals surface area (Å²) >= 11 is 0. The number of carbonyl (C=O) groups is 2. The number of nitrogens with one attached hydrogen (secondary N) is 2. The molecule has 9 saturated heterocycles. The van der Waals surface area contributed by atoms with Gasteiger partial charge in [0.05, 0.1) is 58.0 Å². The van der Waals surface area contributed by atoms with Crippen molar-refractivity contribution in [3.8, 4) is 0 Å². The first-order chi connectivity index (χ1) is 48.6. The van der Waals surface area contributed by atoms with Crippen LogP contribution in [-0.4, -0.2) is 450 Å². The van der Waals surface area contributed by atoms with Gasteiger partial charge in [-0.25, -0.2) is 0 Å². The van der Waals surface area contributed by atoms with E-state index < -0.39 is 328 Å². The lowest BCUT2D eigenvalue weighted by molar-refractivity contribution is -0.411. The molecule has 0 bridgehead atoms. The first-order valence-electron chi connectivity index (χ1n) is 33.2. The summed E-state index contributed by atoms with van der Waals surface area (Å²) in [6.07, 6.45) is -85.5. The molecule has 2 amide bonds.